The Morgan fingerprint density at radius 1 is 0.898 bits per heavy atom. The van der Waals surface area contributed by atoms with E-state index >= 15 is 0 Å². The summed E-state index contributed by atoms with van der Waals surface area (Å²) in [5.41, 5.74) is -2.53. The molecule has 1 heterocycles. The molecule has 5 unspecified atom stereocenters. The van der Waals surface area contributed by atoms with Crippen molar-refractivity contribution < 1.29 is 67.1 Å². The van der Waals surface area contributed by atoms with E-state index in [1.165, 1.54) is 6.92 Å². The normalized spacial score (nSPS) is 41.3. The number of ether oxygens (including phenoxy) is 6. The highest BCUT2D eigenvalue weighted by molar-refractivity contribution is 5.94. The summed E-state index contributed by atoms with van der Waals surface area (Å²) in [6.07, 6.45) is -2.11. The van der Waals surface area contributed by atoms with E-state index in [0.29, 0.717) is 32.1 Å². The molecule has 1 saturated heterocycles. The van der Waals surface area contributed by atoms with Gasteiger partial charge in [-0.15, -0.1) is 0 Å². The maximum atomic E-state index is 14.1. The lowest BCUT2D eigenvalue weighted by molar-refractivity contribution is -0.350. The average Bonchev–Trinajstić information content (AvgIpc) is 3.28. The zero-order valence-corrected chi connectivity index (χ0v) is 29.0. The van der Waals surface area contributed by atoms with Gasteiger partial charge in [0.25, 0.3) is 0 Å². The predicted octanol–water partition coefficient (Wildman–Crippen LogP) is 2.10. The van der Waals surface area contributed by atoms with Crippen LogP contribution in [0.5, 0.6) is 0 Å². The average molecular weight is 691 g/mol. The Morgan fingerprint density at radius 3 is 2.14 bits per heavy atom. The molecule has 0 aromatic heterocycles. The van der Waals surface area contributed by atoms with Crippen LogP contribution in [0.25, 0.3) is 0 Å². The standard InChI is InChI=1S/C35H46O14/c1-17(36)46-27-28(47-18(2)37)30(48-19(3)38)34(6,49-29(27)31(42)44-7)45-16-25(41)35(43)13-11-23-22-9-8-20-14-21(39)10-12-32(20,4)26(22)24(40)15-33(23,35)5/h14,22-23,26-30,43H,8-13,15-16H2,1-7H3/t22?,23?,26?,27-,28-,29-,30+,32?,33?,34+,35-/m0/s1. The third kappa shape index (κ3) is 6.13. The van der Waals surface area contributed by atoms with Crippen LogP contribution in [-0.4, -0.2) is 95.9 Å². The number of methoxy groups -OCH3 is 1. The van der Waals surface area contributed by atoms with Gasteiger partial charge in [0.05, 0.1) is 7.11 Å². The summed E-state index contributed by atoms with van der Waals surface area (Å²) in [6.45, 7) is 7.45. The van der Waals surface area contributed by atoms with Crippen molar-refractivity contribution in [3.8, 4) is 0 Å². The first kappa shape index (κ1) is 36.8. The van der Waals surface area contributed by atoms with Crippen LogP contribution in [0.1, 0.15) is 86.5 Å². The Bertz CT molecular complexity index is 1480. The van der Waals surface area contributed by atoms with Crippen molar-refractivity contribution in [1.82, 2.24) is 0 Å². The van der Waals surface area contributed by atoms with Gasteiger partial charge in [-0.3, -0.25) is 28.8 Å². The minimum atomic E-state index is -2.17. The van der Waals surface area contributed by atoms with Crippen LogP contribution in [0.2, 0.25) is 0 Å². The summed E-state index contributed by atoms with van der Waals surface area (Å²) >= 11 is 0. The van der Waals surface area contributed by atoms with Crippen molar-refractivity contribution in [2.45, 2.75) is 122 Å². The molecule has 5 rings (SSSR count). The number of carbonyl (C=O) groups excluding carboxylic acids is 7. The van der Waals surface area contributed by atoms with Gasteiger partial charge in [0, 0.05) is 44.9 Å². The van der Waals surface area contributed by atoms with Crippen molar-refractivity contribution in [3.05, 3.63) is 11.6 Å². The van der Waals surface area contributed by atoms with Crippen LogP contribution >= 0.6 is 0 Å². The molecule has 0 radical (unpaired) electrons. The third-order valence-electron chi connectivity index (χ3n) is 11.9. The molecule has 3 saturated carbocycles. The van der Waals surface area contributed by atoms with Crippen LogP contribution < -0.4 is 0 Å². The summed E-state index contributed by atoms with van der Waals surface area (Å²) in [5.74, 6) is -7.08. The number of hydrogen-bond donors (Lipinski definition) is 1. The summed E-state index contributed by atoms with van der Waals surface area (Å²) in [7, 11) is 1.05. The highest BCUT2D eigenvalue weighted by Gasteiger charge is 2.69. The van der Waals surface area contributed by atoms with Crippen molar-refractivity contribution >= 4 is 41.2 Å². The highest BCUT2D eigenvalue weighted by Crippen LogP contribution is 2.66. The van der Waals surface area contributed by atoms with Gasteiger partial charge in [-0.1, -0.05) is 19.4 Å². The largest absolute Gasteiger partial charge is 0.467 e. The molecule has 1 aliphatic heterocycles. The zero-order chi connectivity index (χ0) is 36.3. The van der Waals surface area contributed by atoms with Crippen LogP contribution in [0.15, 0.2) is 11.6 Å². The SMILES string of the molecule is COC(=O)[C@H]1O[C@@](C)(OCC(=O)[C@@]2(O)CCC3C4CCC5=CC(=O)CCC5(C)C4C(=O)CC32C)[C@H](OC(C)=O)[C@@H](OC(C)=O)[C@@H]1OC(C)=O. The molecule has 0 aromatic rings. The summed E-state index contributed by atoms with van der Waals surface area (Å²) in [4.78, 5) is 89.7. The first-order chi connectivity index (χ1) is 22.8. The number of Topliss-reactive ketones (excluding diaryl/α,β-unsaturated/α-hetero) is 2. The minimum absolute atomic E-state index is 0.0370. The van der Waals surface area contributed by atoms with E-state index in [4.69, 9.17) is 28.4 Å². The first-order valence-electron chi connectivity index (χ1n) is 16.7. The molecule has 49 heavy (non-hydrogen) atoms. The Morgan fingerprint density at radius 2 is 1.53 bits per heavy atom. The molecule has 0 spiro atoms. The van der Waals surface area contributed by atoms with Crippen LogP contribution in [0, 0.1) is 28.6 Å². The molecule has 270 valence electrons. The summed E-state index contributed by atoms with van der Waals surface area (Å²) in [5, 5.41) is 12.2. The van der Waals surface area contributed by atoms with Crippen molar-refractivity contribution in [2.75, 3.05) is 13.7 Å². The maximum Gasteiger partial charge on any atom is 0.339 e. The van der Waals surface area contributed by atoms with Gasteiger partial charge in [0.1, 0.15) is 18.0 Å². The number of carbonyl (C=O) groups is 7. The van der Waals surface area contributed by atoms with Crippen LogP contribution in [-0.2, 0) is 62.0 Å². The second-order valence-electron chi connectivity index (χ2n) is 14.8. The lowest BCUT2D eigenvalue weighted by Gasteiger charge is -2.57. The van der Waals surface area contributed by atoms with E-state index in [1.54, 1.807) is 13.0 Å². The van der Waals surface area contributed by atoms with Gasteiger partial charge in [-0.05, 0) is 62.4 Å². The van der Waals surface area contributed by atoms with Gasteiger partial charge < -0.3 is 33.5 Å². The van der Waals surface area contributed by atoms with Crippen molar-refractivity contribution in [2.24, 2.45) is 28.6 Å². The molecular weight excluding hydrogens is 644 g/mol. The van der Waals surface area contributed by atoms with Gasteiger partial charge >= 0.3 is 23.9 Å². The van der Waals surface area contributed by atoms with E-state index in [0.717, 1.165) is 33.5 Å². The Hall–Kier alpha value is -3.49. The second kappa shape index (κ2) is 13.0. The van der Waals surface area contributed by atoms with E-state index in [2.05, 4.69) is 6.92 Å². The van der Waals surface area contributed by atoms with Crippen molar-refractivity contribution in [1.29, 1.82) is 0 Å². The van der Waals surface area contributed by atoms with E-state index in [1.807, 2.05) is 0 Å². The number of aliphatic hydroxyl groups is 1. The quantitative estimate of drug-likeness (QED) is 0.287. The number of ketones is 3. The van der Waals surface area contributed by atoms with E-state index in [-0.39, 0.29) is 42.2 Å². The smallest absolute Gasteiger partial charge is 0.339 e. The fraction of sp³-hybridized carbons (Fsp3) is 0.743. The summed E-state index contributed by atoms with van der Waals surface area (Å²) in [6, 6.07) is 0. The topological polar surface area (TPSA) is 195 Å². The van der Waals surface area contributed by atoms with E-state index in [9.17, 15) is 38.7 Å². The van der Waals surface area contributed by atoms with Gasteiger partial charge in [0.2, 0.25) is 5.79 Å². The Labute approximate surface area is 284 Å². The second-order valence-corrected chi connectivity index (χ2v) is 14.8. The van der Waals surface area contributed by atoms with Crippen LogP contribution in [0.3, 0.4) is 0 Å². The first-order valence-corrected chi connectivity index (χ1v) is 16.7. The molecular formula is C35H46O14. The van der Waals surface area contributed by atoms with Crippen LogP contribution in [0.4, 0.5) is 0 Å². The molecule has 0 aromatic carbocycles. The maximum absolute atomic E-state index is 14.1. The molecule has 4 fully saturated rings. The number of hydrogen-bond acceptors (Lipinski definition) is 14. The molecule has 4 aliphatic carbocycles. The predicted molar refractivity (Wildman–Crippen MR) is 165 cm³/mol. The number of fused-ring (bicyclic) bond motifs is 5. The van der Waals surface area contributed by atoms with Crippen molar-refractivity contribution in [3.63, 3.8) is 0 Å². The molecule has 0 bridgehead atoms. The van der Waals surface area contributed by atoms with Gasteiger partial charge in [-0.2, -0.15) is 0 Å². The molecule has 1 N–H and O–H groups in total. The van der Waals surface area contributed by atoms with Gasteiger partial charge in [0.15, 0.2) is 36.0 Å². The van der Waals surface area contributed by atoms with Gasteiger partial charge in [-0.25, -0.2) is 4.79 Å². The number of esters is 4. The Balaban J connectivity index is 1.43. The fourth-order valence-corrected chi connectivity index (χ4v) is 9.61. The van der Waals surface area contributed by atoms with E-state index < -0.39 is 82.9 Å². The zero-order valence-electron chi connectivity index (χ0n) is 29.0. The molecule has 5 aliphatic rings. The number of rotatable bonds is 8. The minimum Gasteiger partial charge on any atom is -0.467 e. The lowest BCUT2D eigenvalue weighted by Crippen LogP contribution is -2.69. The fourth-order valence-electron chi connectivity index (χ4n) is 9.61. The molecule has 14 nitrogen and oxygen atoms in total. The number of allylic oxidation sites excluding steroid dienone is 1. The third-order valence-corrected chi connectivity index (χ3v) is 11.9. The Kier molecular flexibility index (Phi) is 9.76. The monoisotopic (exact) mass is 690 g/mol. The summed E-state index contributed by atoms with van der Waals surface area (Å²) < 4.78 is 32.9. The lowest BCUT2D eigenvalue weighted by atomic mass is 9.46. The molecule has 11 atom stereocenters. The molecule has 0 amide bonds. The molecule has 14 heteroatoms. The highest BCUT2D eigenvalue weighted by atomic mass is 16.8.